The van der Waals surface area contributed by atoms with Crippen LogP contribution in [-0.4, -0.2) is 96.7 Å². The number of esters is 4. The molecule has 0 heterocycles. The number of hydrogen-bond acceptors (Lipinski definition) is 15. The highest BCUT2D eigenvalue weighted by Gasteiger charge is 2.30. The zero-order valence-corrected chi connectivity index (χ0v) is 59.7. The zero-order chi connectivity index (χ0) is 65.9. The van der Waals surface area contributed by atoms with E-state index in [0.717, 1.165) is 108 Å². The largest absolute Gasteiger partial charge is 0.472 e. The molecule has 0 amide bonds. The molecule has 0 aliphatic rings. The summed E-state index contributed by atoms with van der Waals surface area (Å²) in [7, 11) is -9.90. The van der Waals surface area contributed by atoms with Crippen LogP contribution in [0, 0.1) is 17.8 Å². The molecule has 19 heteroatoms. The molecule has 0 saturated carbocycles. The van der Waals surface area contributed by atoms with E-state index >= 15 is 0 Å². The van der Waals surface area contributed by atoms with E-state index in [9.17, 15) is 43.2 Å². The fourth-order valence-electron chi connectivity index (χ4n) is 10.5. The van der Waals surface area contributed by atoms with Crippen LogP contribution in [0.1, 0.15) is 350 Å². The summed E-state index contributed by atoms with van der Waals surface area (Å²) in [6.45, 7) is 11.8. The van der Waals surface area contributed by atoms with Crippen LogP contribution < -0.4 is 0 Å². The van der Waals surface area contributed by atoms with Gasteiger partial charge in [-0.05, 0) is 43.4 Å². The van der Waals surface area contributed by atoms with E-state index in [0.29, 0.717) is 31.6 Å². The number of phosphoric ester groups is 2. The number of ether oxygens (including phenoxy) is 4. The number of rotatable bonds is 68. The van der Waals surface area contributed by atoms with Crippen molar-refractivity contribution in [2.24, 2.45) is 17.8 Å². The van der Waals surface area contributed by atoms with Crippen LogP contribution in [0.15, 0.2) is 0 Å². The summed E-state index contributed by atoms with van der Waals surface area (Å²) in [5.74, 6) is 0.154. The smallest absolute Gasteiger partial charge is 0.462 e. The summed E-state index contributed by atoms with van der Waals surface area (Å²) in [5.41, 5.74) is 0. The van der Waals surface area contributed by atoms with Gasteiger partial charge in [-0.3, -0.25) is 37.3 Å². The van der Waals surface area contributed by atoms with E-state index in [1.807, 2.05) is 0 Å². The third kappa shape index (κ3) is 63.2. The molecule has 0 saturated heterocycles. The molecule has 89 heavy (non-hydrogen) atoms. The van der Waals surface area contributed by atoms with Crippen LogP contribution >= 0.6 is 15.6 Å². The van der Waals surface area contributed by atoms with Gasteiger partial charge in [0.05, 0.1) is 26.4 Å². The topological polar surface area (TPSA) is 237 Å². The molecule has 0 aromatic heterocycles. The first-order valence-electron chi connectivity index (χ1n) is 36.4. The van der Waals surface area contributed by atoms with Gasteiger partial charge in [-0.15, -0.1) is 0 Å². The third-order valence-corrected chi connectivity index (χ3v) is 18.4. The van der Waals surface area contributed by atoms with Crippen LogP contribution in [0.4, 0.5) is 0 Å². The number of aliphatic hydroxyl groups is 1. The van der Waals surface area contributed by atoms with Crippen LogP contribution in [0.5, 0.6) is 0 Å². The number of unbranched alkanes of at least 4 members (excludes halogenated alkanes) is 35. The first-order valence-corrected chi connectivity index (χ1v) is 39.4. The van der Waals surface area contributed by atoms with Gasteiger partial charge in [0.2, 0.25) is 0 Å². The van der Waals surface area contributed by atoms with Gasteiger partial charge in [0.1, 0.15) is 19.3 Å². The molecule has 0 aromatic carbocycles. The van der Waals surface area contributed by atoms with E-state index < -0.39 is 97.5 Å². The number of aliphatic hydroxyl groups excluding tert-OH is 1. The minimum absolute atomic E-state index is 0.106. The second-order valence-corrected chi connectivity index (χ2v) is 29.4. The summed E-state index contributed by atoms with van der Waals surface area (Å²) in [4.78, 5) is 72.5. The SMILES string of the molecule is CCCCCCCCCCCCCC(=O)O[C@H](COC(=O)CCCCCCCCCC(C)C)COP(=O)(O)OC[C@H](O)COP(=O)(O)OC[C@@H](COC(=O)CCCCCCCCCCCCC(C)CC)OC(=O)CCCCCCCCCCCCCC(C)C. The third-order valence-electron chi connectivity index (χ3n) is 16.5. The maximum absolute atomic E-state index is 13.0. The molecule has 528 valence electrons. The minimum Gasteiger partial charge on any atom is -0.462 e. The van der Waals surface area contributed by atoms with Gasteiger partial charge < -0.3 is 33.8 Å². The Hall–Kier alpha value is -1.94. The number of carbonyl (C=O) groups excluding carboxylic acids is 4. The van der Waals surface area contributed by atoms with Crippen LogP contribution in [-0.2, 0) is 65.4 Å². The Morgan fingerprint density at radius 2 is 0.573 bits per heavy atom. The number of carbonyl (C=O) groups is 4. The van der Waals surface area contributed by atoms with Gasteiger partial charge in [-0.25, -0.2) is 9.13 Å². The minimum atomic E-state index is -4.95. The molecule has 0 aliphatic carbocycles. The second kappa shape index (κ2) is 61.0. The van der Waals surface area contributed by atoms with Gasteiger partial charge >= 0.3 is 39.5 Å². The normalized spacial score (nSPS) is 14.5. The molecule has 0 bridgehead atoms. The predicted octanol–water partition coefficient (Wildman–Crippen LogP) is 19.8. The fraction of sp³-hybridized carbons (Fsp3) is 0.943. The average Bonchev–Trinajstić information content (AvgIpc) is 3.68. The van der Waals surface area contributed by atoms with Crippen LogP contribution in [0.2, 0.25) is 0 Å². The summed E-state index contributed by atoms with van der Waals surface area (Å²) in [6.07, 6.45) is 44.3. The highest BCUT2D eigenvalue weighted by Crippen LogP contribution is 2.45. The van der Waals surface area contributed by atoms with E-state index in [2.05, 4.69) is 48.5 Å². The molecular formula is C70H136O17P2. The Labute approximate surface area is 543 Å². The van der Waals surface area contributed by atoms with Crippen molar-refractivity contribution >= 4 is 39.5 Å². The van der Waals surface area contributed by atoms with Gasteiger partial charge in [0, 0.05) is 25.7 Å². The van der Waals surface area contributed by atoms with Crippen molar-refractivity contribution in [3.05, 3.63) is 0 Å². The fourth-order valence-corrected chi connectivity index (χ4v) is 12.1. The summed E-state index contributed by atoms with van der Waals surface area (Å²) in [5, 5.41) is 10.6. The molecule has 0 radical (unpaired) electrons. The van der Waals surface area contributed by atoms with Gasteiger partial charge in [-0.2, -0.15) is 0 Å². The van der Waals surface area contributed by atoms with Crippen molar-refractivity contribution in [1.29, 1.82) is 0 Å². The lowest BCUT2D eigenvalue weighted by molar-refractivity contribution is -0.161. The van der Waals surface area contributed by atoms with E-state index in [-0.39, 0.29) is 25.7 Å². The van der Waals surface area contributed by atoms with Crippen molar-refractivity contribution in [2.75, 3.05) is 39.6 Å². The molecule has 0 aliphatic heterocycles. The molecule has 3 unspecified atom stereocenters. The Balaban J connectivity index is 5.26. The first kappa shape index (κ1) is 87.1. The Morgan fingerprint density at radius 3 is 0.854 bits per heavy atom. The average molecular weight is 1310 g/mol. The zero-order valence-electron chi connectivity index (χ0n) is 57.9. The molecule has 6 atom stereocenters. The van der Waals surface area contributed by atoms with Crippen molar-refractivity contribution in [3.63, 3.8) is 0 Å². The van der Waals surface area contributed by atoms with Gasteiger partial charge in [-0.1, -0.05) is 299 Å². The lowest BCUT2D eigenvalue weighted by Crippen LogP contribution is -2.30. The molecule has 3 N–H and O–H groups in total. The van der Waals surface area contributed by atoms with E-state index in [4.69, 9.17) is 37.0 Å². The van der Waals surface area contributed by atoms with Crippen LogP contribution in [0.25, 0.3) is 0 Å². The number of phosphoric acid groups is 2. The number of hydrogen-bond donors (Lipinski definition) is 3. The molecular weight excluding hydrogens is 1170 g/mol. The van der Waals surface area contributed by atoms with Crippen molar-refractivity contribution in [3.8, 4) is 0 Å². The monoisotopic (exact) mass is 1310 g/mol. The lowest BCUT2D eigenvalue weighted by atomic mass is 9.99. The highest BCUT2D eigenvalue weighted by molar-refractivity contribution is 7.47. The summed E-state index contributed by atoms with van der Waals surface area (Å²) >= 11 is 0. The lowest BCUT2D eigenvalue weighted by Gasteiger charge is -2.21. The second-order valence-electron chi connectivity index (χ2n) is 26.5. The Bertz CT molecular complexity index is 1750. The molecule has 0 fully saturated rings. The Kier molecular flexibility index (Phi) is 59.6. The quantitative estimate of drug-likeness (QED) is 0.0222. The first-order chi connectivity index (χ1) is 42.8. The predicted molar refractivity (Wildman–Crippen MR) is 358 cm³/mol. The highest BCUT2D eigenvalue weighted by atomic mass is 31.2. The van der Waals surface area contributed by atoms with Crippen molar-refractivity contribution in [2.45, 2.75) is 369 Å². The molecule has 0 aromatic rings. The summed E-state index contributed by atoms with van der Waals surface area (Å²) < 4.78 is 68.3. The maximum Gasteiger partial charge on any atom is 0.472 e. The van der Waals surface area contributed by atoms with E-state index in [1.54, 1.807) is 0 Å². The van der Waals surface area contributed by atoms with E-state index in [1.165, 1.54) is 154 Å². The molecule has 0 rings (SSSR count). The molecule has 17 nitrogen and oxygen atoms in total. The van der Waals surface area contributed by atoms with Gasteiger partial charge in [0.25, 0.3) is 0 Å². The van der Waals surface area contributed by atoms with Crippen molar-refractivity contribution in [1.82, 2.24) is 0 Å². The Morgan fingerprint density at radius 1 is 0.326 bits per heavy atom. The molecule has 0 spiro atoms. The standard InChI is InChI=1S/C70H136O17P2/c1-8-10-11-12-13-14-16-24-31-39-46-53-69(74)87-66(58-81-68(73)52-45-38-33-26-28-35-42-49-62(5)6)60-85-89(78,79)83-56-64(71)55-82-88(76,77)84-59-65(86-70(75)54-47-40-32-25-18-15-17-21-27-34-41-48-61(3)4)57-80-67(72)51-44-37-30-23-20-19-22-29-36-43-50-63(7)9-2/h61-66,71H,8-60H2,1-7H3,(H,76,77)(H,78,79)/t63?,64-,65-,66-/m1/s1. The van der Waals surface area contributed by atoms with Crippen molar-refractivity contribution < 1.29 is 80.2 Å². The van der Waals surface area contributed by atoms with Gasteiger partial charge in [0.15, 0.2) is 12.2 Å². The maximum atomic E-state index is 13.0. The van der Waals surface area contributed by atoms with Crippen LogP contribution in [0.3, 0.4) is 0 Å². The summed E-state index contributed by atoms with van der Waals surface area (Å²) in [6, 6.07) is 0.